The van der Waals surface area contributed by atoms with E-state index in [1.807, 2.05) is 0 Å². The summed E-state index contributed by atoms with van der Waals surface area (Å²) in [6.07, 6.45) is -3.06. The Kier molecular flexibility index (Phi) is 5.40. The first kappa shape index (κ1) is 17.2. The van der Waals surface area contributed by atoms with Crippen molar-refractivity contribution in [1.29, 1.82) is 0 Å². The molecule has 114 valence electrons. The van der Waals surface area contributed by atoms with Gasteiger partial charge in [-0.2, -0.15) is 13.2 Å². The van der Waals surface area contributed by atoms with Crippen molar-refractivity contribution in [2.24, 2.45) is 11.7 Å². The van der Waals surface area contributed by atoms with E-state index in [1.165, 1.54) is 0 Å². The van der Waals surface area contributed by atoms with Crippen molar-refractivity contribution < 1.29 is 22.7 Å². The maximum absolute atomic E-state index is 13.6. The smallest absolute Gasteiger partial charge is 0.391 e. The third kappa shape index (κ3) is 3.42. The van der Waals surface area contributed by atoms with Crippen molar-refractivity contribution >= 4 is 12.4 Å². The van der Waals surface area contributed by atoms with E-state index in [0.717, 1.165) is 25.3 Å². The molecule has 0 aliphatic heterocycles. The highest BCUT2D eigenvalue weighted by atomic mass is 35.5. The Morgan fingerprint density at radius 2 is 1.85 bits per heavy atom. The Bertz CT molecular complexity index is 462. The first-order chi connectivity index (χ1) is 8.80. The largest absolute Gasteiger partial charge is 0.416 e. The zero-order valence-electron chi connectivity index (χ0n) is 10.5. The molecule has 0 bridgehead atoms. The van der Waals surface area contributed by atoms with E-state index in [4.69, 9.17) is 5.73 Å². The molecule has 2 rings (SSSR count). The summed E-state index contributed by atoms with van der Waals surface area (Å²) < 4.78 is 51.3. The first-order valence-electron chi connectivity index (χ1n) is 6.11. The molecule has 1 saturated carbocycles. The van der Waals surface area contributed by atoms with Gasteiger partial charge in [0.15, 0.2) is 0 Å². The third-order valence-electron chi connectivity index (χ3n) is 3.68. The van der Waals surface area contributed by atoms with Gasteiger partial charge in [0.2, 0.25) is 0 Å². The molecule has 1 aliphatic carbocycles. The molecule has 0 amide bonds. The normalized spacial score (nSPS) is 18.9. The van der Waals surface area contributed by atoms with E-state index < -0.39 is 29.7 Å². The minimum atomic E-state index is -4.55. The lowest BCUT2D eigenvalue weighted by Crippen LogP contribution is -2.37. The van der Waals surface area contributed by atoms with Crippen LogP contribution < -0.4 is 5.73 Å². The van der Waals surface area contributed by atoms with Gasteiger partial charge in [0.25, 0.3) is 0 Å². The molecular formula is C13H16ClF4NO. The van der Waals surface area contributed by atoms with Crippen LogP contribution in [0.15, 0.2) is 18.2 Å². The Balaban J connectivity index is 0.00000200. The minimum Gasteiger partial charge on any atom is -0.391 e. The summed E-state index contributed by atoms with van der Waals surface area (Å²) in [5.41, 5.74) is 4.46. The van der Waals surface area contributed by atoms with E-state index in [1.54, 1.807) is 0 Å². The number of nitrogens with two attached hydrogens (primary N) is 1. The van der Waals surface area contributed by atoms with Crippen LogP contribution in [0.1, 0.15) is 36.4 Å². The predicted octanol–water partition coefficient (Wildman–Crippen LogP) is 3.43. The Morgan fingerprint density at radius 1 is 1.25 bits per heavy atom. The van der Waals surface area contributed by atoms with Gasteiger partial charge in [-0.3, -0.25) is 0 Å². The molecule has 1 aliphatic rings. The van der Waals surface area contributed by atoms with Gasteiger partial charge in [0.1, 0.15) is 5.82 Å². The summed E-state index contributed by atoms with van der Waals surface area (Å²) in [5.74, 6) is -0.872. The van der Waals surface area contributed by atoms with Gasteiger partial charge in [0.05, 0.1) is 17.7 Å². The fourth-order valence-corrected chi connectivity index (χ4v) is 2.23. The van der Waals surface area contributed by atoms with Crippen LogP contribution in [0.2, 0.25) is 0 Å². The van der Waals surface area contributed by atoms with Gasteiger partial charge in [0, 0.05) is 5.56 Å². The summed E-state index contributed by atoms with van der Waals surface area (Å²) in [4.78, 5) is 0. The van der Waals surface area contributed by atoms with Crippen molar-refractivity contribution in [2.45, 2.75) is 37.6 Å². The van der Waals surface area contributed by atoms with E-state index >= 15 is 0 Å². The lowest BCUT2D eigenvalue weighted by molar-refractivity contribution is -0.137. The molecule has 20 heavy (non-hydrogen) atoms. The molecule has 0 unspecified atom stereocenters. The average molecular weight is 314 g/mol. The van der Waals surface area contributed by atoms with Crippen LogP contribution in [0.25, 0.3) is 0 Å². The van der Waals surface area contributed by atoms with Gasteiger partial charge in [-0.1, -0.05) is 6.42 Å². The highest BCUT2D eigenvalue weighted by Gasteiger charge is 2.35. The molecule has 3 N–H and O–H groups in total. The fraction of sp³-hybridized carbons (Fsp3) is 0.538. The summed E-state index contributed by atoms with van der Waals surface area (Å²) in [7, 11) is 0. The Morgan fingerprint density at radius 3 is 2.30 bits per heavy atom. The number of alkyl halides is 3. The van der Waals surface area contributed by atoms with Crippen molar-refractivity contribution in [2.75, 3.05) is 0 Å². The van der Waals surface area contributed by atoms with Crippen LogP contribution in [-0.2, 0) is 6.18 Å². The minimum absolute atomic E-state index is 0. The number of aliphatic hydroxyl groups excluding tert-OH is 1. The van der Waals surface area contributed by atoms with E-state index in [9.17, 15) is 22.7 Å². The lowest BCUT2D eigenvalue weighted by atomic mass is 9.77. The molecule has 2 atom stereocenters. The zero-order valence-corrected chi connectivity index (χ0v) is 11.3. The number of halogens is 5. The molecule has 0 spiro atoms. The zero-order chi connectivity index (χ0) is 14.2. The highest BCUT2D eigenvalue weighted by Crippen LogP contribution is 2.36. The summed E-state index contributed by atoms with van der Waals surface area (Å²) in [6.45, 7) is 0. The molecule has 0 saturated heterocycles. The van der Waals surface area contributed by atoms with Crippen LogP contribution in [0.5, 0.6) is 0 Å². The van der Waals surface area contributed by atoms with Crippen molar-refractivity contribution in [3.8, 4) is 0 Å². The lowest BCUT2D eigenvalue weighted by Gasteiger charge is -2.34. The number of hydrogen-bond donors (Lipinski definition) is 2. The topological polar surface area (TPSA) is 46.2 Å². The maximum atomic E-state index is 13.6. The average Bonchev–Trinajstić information content (AvgIpc) is 2.24. The quantitative estimate of drug-likeness (QED) is 0.840. The molecule has 1 aromatic rings. The van der Waals surface area contributed by atoms with E-state index in [2.05, 4.69) is 0 Å². The molecule has 1 fully saturated rings. The van der Waals surface area contributed by atoms with Crippen molar-refractivity contribution in [1.82, 2.24) is 0 Å². The van der Waals surface area contributed by atoms with Crippen LogP contribution in [0.3, 0.4) is 0 Å². The van der Waals surface area contributed by atoms with Crippen LogP contribution in [0, 0.1) is 11.7 Å². The van der Waals surface area contributed by atoms with Gasteiger partial charge >= 0.3 is 6.18 Å². The monoisotopic (exact) mass is 313 g/mol. The van der Waals surface area contributed by atoms with E-state index in [-0.39, 0.29) is 23.9 Å². The van der Waals surface area contributed by atoms with Crippen LogP contribution in [0.4, 0.5) is 17.6 Å². The number of rotatable bonds is 3. The molecule has 2 nitrogen and oxygen atoms in total. The van der Waals surface area contributed by atoms with Crippen molar-refractivity contribution in [3.05, 3.63) is 35.1 Å². The molecular weight excluding hydrogens is 298 g/mol. The molecule has 0 heterocycles. The standard InChI is InChI=1S/C13H15F4NO.ClH/c14-10-5-4-8(13(15,16)17)6-9(10)11(18)12(19)7-2-1-3-7;/h4-7,11-12,19H,1-3,18H2;1H/t11-,12+;/m0./s1. The molecule has 7 heteroatoms. The van der Waals surface area contributed by atoms with Crippen LogP contribution in [-0.4, -0.2) is 11.2 Å². The molecule has 0 radical (unpaired) electrons. The maximum Gasteiger partial charge on any atom is 0.416 e. The fourth-order valence-electron chi connectivity index (χ4n) is 2.23. The van der Waals surface area contributed by atoms with Crippen LogP contribution >= 0.6 is 12.4 Å². The van der Waals surface area contributed by atoms with Gasteiger partial charge < -0.3 is 10.8 Å². The van der Waals surface area contributed by atoms with Crippen molar-refractivity contribution in [3.63, 3.8) is 0 Å². The summed E-state index contributed by atoms with van der Waals surface area (Å²) in [5, 5.41) is 9.94. The second-order valence-corrected chi connectivity index (χ2v) is 4.94. The number of benzene rings is 1. The number of aliphatic hydroxyl groups is 1. The van der Waals surface area contributed by atoms with Gasteiger partial charge in [-0.05, 0) is 37.0 Å². The predicted molar refractivity (Wildman–Crippen MR) is 68.9 cm³/mol. The molecule has 1 aromatic carbocycles. The summed E-state index contributed by atoms with van der Waals surface area (Å²) >= 11 is 0. The Labute approximate surface area is 120 Å². The van der Waals surface area contributed by atoms with Gasteiger partial charge in [-0.15, -0.1) is 12.4 Å². The number of hydrogen-bond acceptors (Lipinski definition) is 2. The van der Waals surface area contributed by atoms with E-state index in [0.29, 0.717) is 12.1 Å². The Hall–Kier alpha value is -0.850. The van der Waals surface area contributed by atoms with Gasteiger partial charge in [-0.25, -0.2) is 4.39 Å². The second-order valence-electron chi connectivity index (χ2n) is 4.94. The third-order valence-corrected chi connectivity index (χ3v) is 3.68. The second kappa shape index (κ2) is 6.28. The SMILES string of the molecule is Cl.N[C@@H](c1cc(C(F)(F)F)ccc1F)[C@H](O)C1CCC1. The first-order valence-corrected chi connectivity index (χ1v) is 6.11. The molecule has 0 aromatic heterocycles. The summed E-state index contributed by atoms with van der Waals surface area (Å²) in [6, 6.07) is 0.960. The highest BCUT2D eigenvalue weighted by molar-refractivity contribution is 5.85.